The van der Waals surface area contributed by atoms with Gasteiger partial charge >= 0.3 is 6.09 Å². The quantitative estimate of drug-likeness (QED) is 0.808. The molecule has 0 aromatic heterocycles. The van der Waals surface area contributed by atoms with E-state index in [1.165, 1.54) is 4.90 Å². The van der Waals surface area contributed by atoms with Crippen molar-refractivity contribution in [2.75, 3.05) is 19.8 Å². The molecule has 94 valence electrons. The van der Waals surface area contributed by atoms with E-state index in [9.17, 15) is 9.18 Å². The van der Waals surface area contributed by atoms with E-state index in [0.29, 0.717) is 6.33 Å². The van der Waals surface area contributed by atoms with E-state index >= 15 is 0 Å². The number of amides is 1. The smallest absolute Gasteiger partial charge is 0.410 e. The normalized spacial score (nSPS) is 12.5. The number of hydrogen-bond donors (Lipinski definition) is 1. The molecule has 0 saturated carbocycles. The molecule has 16 heavy (non-hydrogen) atoms. The predicted molar refractivity (Wildman–Crippen MR) is 59.8 cm³/mol. The molecule has 5 heteroatoms. The number of carbonyl (C=O) groups excluding carboxylic acids is 1. The highest BCUT2D eigenvalue weighted by molar-refractivity contribution is 5.69. The van der Waals surface area contributed by atoms with Crippen LogP contribution in [0.5, 0.6) is 0 Å². The monoisotopic (exact) mass is 233 g/mol. The summed E-state index contributed by atoms with van der Waals surface area (Å²) in [5.74, 6) is 0. The summed E-state index contributed by atoms with van der Waals surface area (Å²) >= 11 is 0. The van der Waals surface area contributed by atoms with Crippen molar-refractivity contribution in [2.45, 2.75) is 33.2 Å². The second-order valence-electron chi connectivity index (χ2n) is 4.38. The van der Waals surface area contributed by atoms with Gasteiger partial charge in [-0.15, -0.1) is 0 Å². The van der Waals surface area contributed by atoms with Gasteiger partial charge in [-0.1, -0.05) is 0 Å². The van der Waals surface area contributed by atoms with Crippen molar-refractivity contribution in [1.82, 2.24) is 4.90 Å². The number of rotatable bonds is 4. The maximum atomic E-state index is 12.4. The Labute approximate surface area is 95.7 Å². The minimum absolute atomic E-state index is 0.0231. The summed E-state index contributed by atoms with van der Waals surface area (Å²) in [5, 5.41) is 8.87. The lowest BCUT2D eigenvalue weighted by Gasteiger charge is -2.34. The molecule has 4 nitrogen and oxygen atoms in total. The average molecular weight is 233 g/mol. The van der Waals surface area contributed by atoms with Crippen LogP contribution in [0.3, 0.4) is 0 Å². The standard InChI is InChI=1S/C11H20FNO3/c1-5-16-10(15)13(11(2,3)4)7-9(6-12)8-14/h6,14H,5,7-8H2,1-4H3/b9-6+. The van der Waals surface area contributed by atoms with Gasteiger partial charge in [-0.3, -0.25) is 4.90 Å². The highest BCUT2D eigenvalue weighted by Gasteiger charge is 2.28. The number of hydrogen-bond acceptors (Lipinski definition) is 3. The highest BCUT2D eigenvalue weighted by Crippen LogP contribution is 2.16. The van der Waals surface area contributed by atoms with Gasteiger partial charge in [0.25, 0.3) is 0 Å². The molecule has 0 aromatic carbocycles. The summed E-state index contributed by atoms with van der Waals surface area (Å²) in [6.07, 6.45) is -0.194. The third kappa shape index (κ3) is 4.61. The van der Waals surface area contributed by atoms with Gasteiger partial charge < -0.3 is 9.84 Å². The number of carbonyl (C=O) groups is 1. The van der Waals surface area contributed by atoms with Crippen LogP contribution in [0.25, 0.3) is 0 Å². The van der Waals surface area contributed by atoms with E-state index in [1.807, 2.05) is 20.8 Å². The lowest BCUT2D eigenvalue weighted by Crippen LogP contribution is -2.47. The third-order valence-electron chi connectivity index (χ3n) is 2.02. The van der Waals surface area contributed by atoms with Crippen LogP contribution in [-0.2, 0) is 4.74 Å². The average Bonchev–Trinajstić information content (AvgIpc) is 2.17. The molecule has 0 radical (unpaired) electrons. The van der Waals surface area contributed by atoms with Crippen LogP contribution >= 0.6 is 0 Å². The van der Waals surface area contributed by atoms with E-state index in [1.54, 1.807) is 6.92 Å². The molecule has 0 aromatic rings. The Morgan fingerprint density at radius 1 is 1.50 bits per heavy atom. The van der Waals surface area contributed by atoms with Crippen molar-refractivity contribution < 1.29 is 19.0 Å². The van der Waals surface area contributed by atoms with Gasteiger partial charge in [0, 0.05) is 11.1 Å². The van der Waals surface area contributed by atoms with Gasteiger partial charge in [0.1, 0.15) is 0 Å². The molecule has 0 aliphatic carbocycles. The first-order valence-corrected chi connectivity index (χ1v) is 5.20. The molecular weight excluding hydrogens is 213 g/mol. The second kappa shape index (κ2) is 6.48. The van der Waals surface area contributed by atoms with Gasteiger partial charge in [0.05, 0.1) is 26.1 Å². The molecule has 1 N–H and O–H groups in total. The number of ether oxygens (including phenoxy) is 1. The third-order valence-corrected chi connectivity index (χ3v) is 2.02. The Hall–Kier alpha value is -1.10. The second-order valence-corrected chi connectivity index (χ2v) is 4.38. The Bertz CT molecular complexity index is 258. The van der Waals surface area contributed by atoms with Crippen LogP contribution in [-0.4, -0.2) is 41.4 Å². The molecule has 0 bridgehead atoms. The zero-order valence-corrected chi connectivity index (χ0v) is 10.3. The van der Waals surface area contributed by atoms with Crippen molar-refractivity contribution >= 4 is 6.09 Å². The molecule has 0 saturated heterocycles. The van der Waals surface area contributed by atoms with Gasteiger partial charge in [0.15, 0.2) is 0 Å². The van der Waals surface area contributed by atoms with Crippen molar-refractivity contribution in [3.05, 3.63) is 11.9 Å². The Kier molecular flexibility index (Phi) is 6.03. The summed E-state index contributed by atoms with van der Waals surface area (Å²) < 4.78 is 17.2. The minimum atomic E-state index is -0.511. The molecule has 0 rings (SSSR count). The van der Waals surface area contributed by atoms with Crippen LogP contribution in [0.1, 0.15) is 27.7 Å². The Balaban J connectivity index is 4.76. The summed E-state index contributed by atoms with van der Waals surface area (Å²) in [5.41, 5.74) is -0.349. The van der Waals surface area contributed by atoms with E-state index in [0.717, 1.165) is 0 Å². The number of halogens is 1. The largest absolute Gasteiger partial charge is 0.450 e. The first-order chi connectivity index (χ1) is 7.36. The van der Waals surface area contributed by atoms with Crippen molar-refractivity contribution in [3.63, 3.8) is 0 Å². The van der Waals surface area contributed by atoms with Crippen LogP contribution in [0.15, 0.2) is 11.9 Å². The van der Waals surface area contributed by atoms with Crippen molar-refractivity contribution in [2.24, 2.45) is 0 Å². The summed E-state index contributed by atoms with van der Waals surface area (Å²) in [6.45, 7) is 7.03. The van der Waals surface area contributed by atoms with Crippen LogP contribution < -0.4 is 0 Å². The van der Waals surface area contributed by atoms with E-state index < -0.39 is 18.2 Å². The highest BCUT2D eigenvalue weighted by atomic mass is 19.1. The van der Waals surface area contributed by atoms with E-state index in [4.69, 9.17) is 9.84 Å². The maximum absolute atomic E-state index is 12.4. The Morgan fingerprint density at radius 3 is 2.38 bits per heavy atom. The molecule has 1 amide bonds. The molecule has 0 unspecified atom stereocenters. The van der Waals surface area contributed by atoms with Crippen molar-refractivity contribution in [3.8, 4) is 0 Å². The summed E-state index contributed by atoms with van der Waals surface area (Å²) in [4.78, 5) is 13.0. The van der Waals surface area contributed by atoms with Crippen LogP contribution in [0.2, 0.25) is 0 Å². The molecule has 0 aliphatic rings. The lowest BCUT2D eigenvalue weighted by molar-refractivity contribution is 0.0747. The number of aliphatic hydroxyl groups excluding tert-OH is 1. The molecule has 0 fully saturated rings. The fraction of sp³-hybridized carbons (Fsp3) is 0.727. The predicted octanol–water partition coefficient (Wildman–Crippen LogP) is 2.09. The summed E-state index contributed by atoms with van der Waals surface area (Å²) in [7, 11) is 0. The van der Waals surface area contributed by atoms with Crippen molar-refractivity contribution in [1.29, 1.82) is 0 Å². The fourth-order valence-corrected chi connectivity index (χ4v) is 1.10. The van der Waals surface area contributed by atoms with Gasteiger partial charge in [-0.25, -0.2) is 9.18 Å². The first-order valence-electron chi connectivity index (χ1n) is 5.20. The van der Waals surface area contributed by atoms with Gasteiger partial charge in [-0.05, 0) is 27.7 Å². The van der Waals surface area contributed by atoms with Gasteiger partial charge in [0.2, 0.25) is 0 Å². The van der Waals surface area contributed by atoms with E-state index in [2.05, 4.69) is 0 Å². The molecule has 0 aliphatic heterocycles. The Morgan fingerprint density at radius 2 is 2.06 bits per heavy atom. The SMILES string of the molecule is CCOC(=O)N(C/C(=C\F)CO)C(C)(C)C. The maximum Gasteiger partial charge on any atom is 0.410 e. The van der Waals surface area contributed by atoms with Gasteiger partial charge in [-0.2, -0.15) is 0 Å². The van der Waals surface area contributed by atoms with E-state index in [-0.39, 0.29) is 18.7 Å². The molecule has 0 spiro atoms. The first kappa shape index (κ1) is 14.9. The molecule has 0 atom stereocenters. The number of aliphatic hydroxyl groups is 1. The van der Waals surface area contributed by atoms with Crippen LogP contribution in [0.4, 0.5) is 9.18 Å². The topological polar surface area (TPSA) is 49.8 Å². The van der Waals surface area contributed by atoms with Crippen LogP contribution in [0, 0.1) is 0 Å². The lowest BCUT2D eigenvalue weighted by atomic mass is 10.1. The molecule has 0 heterocycles. The fourth-order valence-electron chi connectivity index (χ4n) is 1.10. The minimum Gasteiger partial charge on any atom is -0.450 e. The zero-order valence-electron chi connectivity index (χ0n) is 10.3. The zero-order chi connectivity index (χ0) is 12.8. The molecular formula is C11H20FNO3. The number of nitrogens with zero attached hydrogens (tertiary/aromatic N) is 1. The summed E-state index contributed by atoms with van der Waals surface area (Å²) in [6, 6.07) is 0.